The summed E-state index contributed by atoms with van der Waals surface area (Å²) in [5.41, 5.74) is 2.18. The minimum Gasteiger partial charge on any atom is -0.457 e. The van der Waals surface area contributed by atoms with Crippen molar-refractivity contribution in [3.8, 4) is 11.5 Å². The number of hydrogen-bond donors (Lipinski definition) is 0. The first kappa shape index (κ1) is 22.4. The van der Waals surface area contributed by atoms with Gasteiger partial charge in [-0.25, -0.2) is 0 Å². The summed E-state index contributed by atoms with van der Waals surface area (Å²) >= 11 is 1.42. The second-order valence-corrected chi connectivity index (χ2v) is 8.95. The standard InChI is InChI=1S/C28H20N2O4S/c31-27-26(18-20-9-7-16-25(17-20)34-24-14-5-2-6-15-24)35-28(21-10-3-1-4-11-21)29(27)22-12-8-13-23(19-22)30(32)33/h1-19,28H/b26-18-. The lowest BCUT2D eigenvalue weighted by molar-refractivity contribution is -0.384. The third-order valence-corrected chi connectivity index (χ3v) is 6.69. The van der Waals surface area contributed by atoms with E-state index in [0.29, 0.717) is 16.3 Å². The van der Waals surface area contributed by atoms with E-state index in [2.05, 4.69) is 0 Å². The highest BCUT2D eigenvalue weighted by Gasteiger charge is 2.38. The van der Waals surface area contributed by atoms with Crippen LogP contribution in [0.2, 0.25) is 0 Å². The van der Waals surface area contributed by atoms with Crippen molar-refractivity contribution >= 4 is 35.1 Å². The number of rotatable bonds is 6. The molecular formula is C28H20N2O4S. The third-order valence-electron chi connectivity index (χ3n) is 5.44. The van der Waals surface area contributed by atoms with Crippen LogP contribution in [0.4, 0.5) is 11.4 Å². The molecule has 1 heterocycles. The molecule has 1 atom stereocenters. The Balaban J connectivity index is 1.50. The Labute approximate surface area is 206 Å². The first-order chi connectivity index (χ1) is 17.1. The van der Waals surface area contributed by atoms with E-state index in [9.17, 15) is 14.9 Å². The quantitative estimate of drug-likeness (QED) is 0.166. The van der Waals surface area contributed by atoms with Crippen LogP contribution in [-0.4, -0.2) is 10.8 Å². The second kappa shape index (κ2) is 9.87. The van der Waals surface area contributed by atoms with E-state index in [4.69, 9.17) is 4.74 Å². The Hall–Kier alpha value is -4.36. The van der Waals surface area contributed by atoms with Crippen molar-refractivity contribution in [2.24, 2.45) is 0 Å². The number of carbonyl (C=O) groups is 1. The van der Waals surface area contributed by atoms with Crippen LogP contribution in [0.3, 0.4) is 0 Å². The van der Waals surface area contributed by atoms with Gasteiger partial charge in [-0.2, -0.15) is 0 Å². The van der Waals surface area contributed by atoms with Crippen LogP contribution in [-0.2, 0) is 4.79 Å². The molecule has 0 aliphatic carbocycles. The summed E-state index contributed by atoms with van der Waals surface area (Å²) in [6.07, 6.45) is 1.83. The van der Waals surface area contributed by atoms with Gasteiger partial charge in [-0.05, 0) is 47.5 Å². The smallest absolute Gasteiger partial charge is 0.271 e. The maximum Gasteiger partial charge on any atom is 0.271 e. The summed E-state index contributed by atoms with van der Waals surface area (Å²) in [5, 5.41) is 11.0. The molecule has 7 heteroatoms. The topological polar surface area (TPSA) is 72.7 Å². The molecule has 1 aliphatic rings. The molecule has 172 valence electrons. The van der Waals surface area contributed by atoms with Crippen LogP contribution in [0.15, 0.2) is 114 Å². The molecule has 0 bridgehead atoms. The monoisotopic (exact) mass is 480 g/mol. The van der Waals surface area contributed by atoms with Crippen molar-refractivity contribution in [3.63, 3.8) is 0 Å². The molecule has 0 N–H and O–H groups in total. The van der Waals surface area contributed by atoms with Crippen LogP contribution >= 0.6 is 11.8 Å². The van der Waals surface area contributed by atoms with Crippen molar-refractivity contribution in [1.82, 2.24) is 0 Å². The normalized spacial score (nSPS) is 16.5. The number of benzene rings is 4. The summed E-state index contributed by atoms with van der Waals surface area (Å²) < 4.78 is 5.93. The summed E-state index contributed by atoms with van der Waals surface area (Å²) in [4.78, 5) is 26.6. The fraction of sp³-hybridized carbons (Fsp3) is 0.0357. The minimum atomic E-state index is -0.455. The first-order valence-electron chi connectivity index (χ1n) is 10.9. The van der Waals surface area contributed by atoms with Crippen molar-refractivity contribution in [2.75, 3.05) is 4.90 Å². The van der Waals surface area contributed by atoms with E-state index in [0.717, 1.165) is 16.9 Å². The first-order valence-corrected chi connectivity index (χ1v) is 11.8. The fourth-order valence-corrected chi connectivity index (χ4v) is 5.09. The molecule has 0 radical (unpaired) electrons. The van der Waals surface area contributed by atoms with E-state index in [1.807, 2.05) is 91.0 Å². The third kappa shape index (κ3) is 4.95. The van der Waals surface area contributed by atoms with Gasteiger partial charge in [0.15, 0.2) is 0 Å². The van der Waals surface area contributed by atoms with Gasteiger partial charge < -0.3 is 4.74 Å². The van der Waals surface area contributed by atoms with Crippen LogP contribution in [0.1, 0.15) is 16.5 Å². The number of amides is 1. The highest BCUT2D eigenvalue weighted by atomic mass is 32.2. The Morgan fingerprint density at radius 3 is 2.26 bits per heavy atom. The van der Waals surface area contributed by atoms with Crippen molar-refractivity contribution < 1.29 is 14.5 Å². The van der Waals surface area contributed by atoms with E-state index >= 15 is 0 Å². The number of carbonyl (C=O) groups excluding carboxylic acids is 1. The van der Waals surface area contributed by atoms with Crippen LogP contribution in [0.25, 0.3) is 6.08 Å². The predicted molar refractivity (Wildman–Crippen MR) is 138 cm³/mol. The molecule has 1 saturated heterocycles. The Morgan fingerprint density at radius 1 is 0.829 bits per heavy atom. The molecule has 0 spiro atoms. The lowest BCUT2D eigenvalue weighted by Crippen LogP contribution is -2.27. The zero-order valence-electron chi connectivity index (χ0n) is 18.5. The molecular weight excluding hydrogens is 460 g/mol. The number of thioether (sulfide) groups is 1. The molecule has 1 aliphatic heterocycles. The van der Waals surface area contributed by atoms with Gasteiger partial charge in [0.05, 0.1) is 15.5 Å². The van der Waals surface area contributed by atoms with Gasteiger partial charge in [-0.15, -0.1) is 0 Å². The van der Waals surface area contributed by atoms with Gasteiger partial charge in [0.2, 0.25) is 0 Å². The van der Waals surface area contributed by atoms with E-state index < -0.39 is 4.92 Å². The molecule has 0 saturated carbocycles. The van der Waals surface area contributed by atoms with Gasteiger partial charge >= 0.3 is 0 Å². The number of ether oxygens (including phenoxy) is 1. The van der Waals surface area contributed by atoms with E-state index in [1.54, 1.807) is 17.0 Å². The number of nitro benzene ring substituents is 1. The molecule has 0 aromatic heterocycles. The average Bonchev–Trinajstić information content (AvgIpc) is 3.21. The number of non-ortho nitro benzene ring substituents is 1. The Morgan fingerprint density at radius 2 is 1.51 bits per heavy atom. The van der Waals surface area contributed by atoms with Crippen molar-refractivity contribution in [3.05, 3.63) is 135 Å². The second-order valence-electron chi connectivity index (χ2n) is 7.83. The lowest BCUT2D eigenvalue weighted by Gasteiger charge is -2.23. The number of hydrogen-bond acceptors (Lipinski definition) is 5. The number of para-hydroxylation sites is 1. The number of nitro groups is 1. The van der Waals surface area contributed by atoms with Gasteiger partial charge in [-0.1, -0.05) is 78.5 Å². The van der Waals surface area contributed by atoms with E-state index in [1.165, 1.54) is 23.9 Å². The maximum atomic E-state index is 13.6. The molecule has 5 rings (SSSR count). The number of nitrogens with zero attached hydrogens (tertiary/aromatic N) is 2. The Kier molecular flexibility index (Phi) is 6.32. The summed E-state index contributed by atoms with van der Waals surface area (Å²) in [6.45, 7) is 0. The average molecular weight is 481 g/mol. The summed E-state index contributed by atoms with van der Waals surface area (Å²) in [6, 6.07) is 32.8. The van der Waals surface area contributed by atoms with Crippen LogP contribution in [0.5, 0.6) is 11.5 Å². The van der Waals surface area contributed by atoms with Crippen molar-refractivity contribution in [2.45, 2.75) is 5.37 Å². The summed E-state index contributed by atoms with van der Waals surface area (Å²) in [7, 11) is 0. The maximum absolute atomic E-state index is 13.6. The highest BCUT2D eigenvalue weighted by Crippen LogP contribution is 2.48. The van der Waals surface area contributed by atoms with Gasteiger partial charge in [0.25, 0.3) is 11.6 Å². The largest absolute Gasteiger partial charge is 0.457 e. The van der Waals surface area contributed by atoms with Gasteiger partial charge in [0.1, 0.15) is 16.9 Å². The summed E-state index contributed by atoms with van der Waals surface area (Å²) in [5.74, 6) is 1.18. The van der Waals surface area contributed by atoms with Gasteiger partial charge in [0, 0.05) is 12.1 Å². The zero-order valence-corrected chi connectivity index (χ0v) is 19.3. The van der Waals surface area contributed by atoms with Crippen LogP contribution in [0, 0.1) is 10.1 Å². The zero-order chi connectivity index (χ0) is 24.2. The lowest BCUT2D eigenvalue weighted by atomic mass is 10.1. The minimum absolute atomic E-state index is 0.0599. The highest BCUT2D eigenvalue weighted by molar-refractivity contribution is 8.05. The van der Waals surface area contributed by atoms with Crippen molar-refractivity contribution in [1.29, 1.82) is 0 Å². The molecule has 6 nitrogen and oxygen atoms in total. The molecule has 4 aromatic carbocycles. The predicted octanol–water partition coefficient (Wildman–Crippen LogP) is 7.21. The van der Waals surface area contributed by atoms with Gasteiger partial charge in [-0.3, -0.25) is 19.8 Å². The molecule has 4 aromatic rings. The molecule has 35 heavy (non-hydrogen) atoms. The molecule has 1 fully saturated rings. The number of anilines is 1. The SMILES string of the molecule is O=C1/C(=C/c2cccc(Oc3ccccc3)c2)SC(c2ccccc2)N1c1cccc([N+](=O)[O-])c1. The Bertz CT molecular complexity index is 1410. The van der Waals surface area contributed by atoms with E-state index in [-0.39, 0.29) is 17.0 Å². The van der Waals surface area contributed by atoms with Crippen LogP contribution < -0.4 is 9.64 Å². The fourth-order valence-electron chi connectivity index (χ4n) is 3.83. The molecule has 1 unspecified atom stereocenters. The molecule has 1 amide bonds.